The molecular formula is C17H27BrN2O2S. The zero-order chi connectivity index (χ0) is 17.1. The molecule has 0 unspecified atom stereocenters. The molecule has 0 aromatic carbocycles. The van der Waals surface area contributed by atoms with E-state index in [2.05, 4.69) is 46.7 Å². The molecule has 1 aliphatic carbocycles. The fourth-order valence-electron chi connectivity index (χ4n) is 3.53. The Balaban J connectivity index is 2.21. The van der Waals surface area contributed by atoms with Gasteiger partial charge < -0.3 is 14.5 Å². The summed E-state index contributed by atoms with van der Waals surface area (Å²) in [5.41, 5.74) is 1.71. The summed E-state index contributed by atoms with van der Waals surface area (Å²) in [4.78, 5) is 16.8. The number of carbonyl (C=O) groups is 1. The zero-order valence-corrected chi connectivity index (χ0v) is 17.1. The van der Waals surface area contributed by atoms with Gasteiger partial charge >= 0.3 is 5.97 Å². The molecule has 0 bridgehead atoms. The lowest BCUT2D eigenvalue weighted by molar-refractivity contribution is 0.0599. The highest BCUT2D eigenvalue weighted by molar-refractivity contribution is 9.11. The highest BCUT2D eigenvalue weighted by Crippen LogP contribution is 2.41. The highest BCUT2D eigenvalue weighted by Gasteiger charge is 2.30. The summed E-state index contributed by atoms with van der Waals surface area (Å²) in [5.74, 6) is -0.260. The summed E-state index contributed by atoms with van der Waals surface area (Å²) >= 11 is 5.19. The van der Waals surface area contributed by atoms with Crippen LogP contribution in [0.2, 0.25) is 0 Å². The number of anilines is 1. The minimum atomic E-state index is -0.260. The number of hydrogen-bond acceptors (Lipinski definition) is 5. The van der Waals surface area contributed by atoms with Gasteiger partial charge in [-0.3, -0.25) is 0 Å². The monoisotopic (exact) mass is 402 g/mol. The van der Waals surface area contributed by atoms with Crippen LogP contribution < -0.4 is 4.90 Å². The second kappa shape index (κ2) is 7.99. The Morgan fingerprint density at radius 3 is 2.30 bits per heavy atom. The van der Waals surface area contributed by atoms with Crippen molar-refractivity contribution < 1.29 is 9.53 Å². The Morgan fingerprint density at radius 2 is 1.83 bits per heavy atom. The van der Waals surface area contributed by atoms with Crippen LogP contribution in [0.5, 0.6) is 0 Å². The largest absolute Gasteiger partial charge is 0.465 e. The number of rotatable bonds is 5. The maximum Gasteiger partial charge on any atom is 0.340 e. The normalized spacial score (nSPS) is 21.5. The molecule has 0 saturated heterocycles. The minimum Gasteiger partial charge on any atom is -0.465 e. The predicted molar refractivity (Wildman–Crippen MR) is 101 cm³/mol. The molecule has 0 N–H and O–H groups in total. The summed E-state index contributed by atoms with van der Waals surface area (Å²) in [6.07, 6.45) is 4.89. The van der Waals surface area contributed by atoms with Crippen LogP contribution in [0.1, 0.15) is 48.5 Å². The molecule has 0 spiro atoms. The molecule has 1 heterocycles. The lowest BCUT2D eigenvalue weighted by Gasteiger charge is -2.39. The van der Waals surface area contributed by atoms with E-state index in [1.54, 1.807) is 11.3 Å². The number of ether oxygens (including phenoxy) is 1. The van der Waals surface area contributed by atoms with E-state index in [9.17, 15) is 4.79 Å². The van der Waals surface area contributed by atoms with Crippen LogP contribution in [0.4, 0.5) is 5.00 Å². The summed E-state index contributed by atoms with van der Waals surface area (Å²) in [5, 5.41) is 1.20. The second-order valence-corrected chi connectivity index (χ2v) is 8.70. The van der Waals surface area contributed by atoms with E-state index in [1.165, 1.54) is 37.8 Å². The van der Waals surface area contributed by atoms with Crippen molar-refractivity contribution in [1.29, 1.82) is 0 Å². The first kappa shape index (κ1) is 18.7. The number of carbonyl (C=O) groups excluding carboxylic acids is 1. The molecule has 0 atom stereocenters. The highest BCUT2D eigenvalue weighted by atomic mass is 79.9. The molecule has 1 aromatic heterocycles. The average molecular weight is 403 g/mol. The molecule has 1 saturated carbocycles. The SMILES string of the molecule is CCN(c1sc(Br)c(C(=O)OC)c1C)[C@H]1CC[C@H](N(C)C)CC1. The van der Waals surface area contributed by atoms with Gasteiger partial charge in [-0.05, 0) is 75.1 Å². The van der Waals surface area contributed by atoms with Crippen LogP contribution >= 0.6 is 27.3 Å². The number of halogens is 1. The van der Waals surface area contributed by atoms with Gasteiger partial charge in [-0.2, -0.15) is 0 Å². The third-order valence-electron chi connectivity index (χ3n) is 4.91. The van der Waals surface area contributed by atoms with E-state index < -0.39 is 0 Å². The topological polar surface area (TPSA) is 32.8 Å². The zero-order valence-electron chi connectivity index (χ0n) is 14.7. The van der Waals surface area contributed by atoms with Crippen molar-refractivity contribution in [2.75, 3.05) is 32.6 Å². The number of methoxy groups -OCH3 is 1. The van der Waals surface area contributed by atoms with Crippen LogP contribution in [0.3, 0.4) is 0 Å². The lowest BCUT2D eigenvalue weighted by Crippen LogP contribution is -2.42. The molecule has 0 amide bonds. The summed E-state index contributed by atoms with van der Waals surface area (Å²) < 4.78 is 5.80. The van der Waals surface area contributed by atoms with Crippen LogP contribution in [-0.2, 0) is 4.74 Å². The van der Waals surface area contributed by atoms with Crippen molar-refractivity contribution in [1.82, 2.24) is 4.90 Å². The molecular weight excluding hydrogens is 376 g/mol. The molecule has 130 valence electrons. The van der Waals surface area contributed by atoms with Crippen LogP contribution in [0, 0.1) is 6.92 Å². The van der Waals surface area contributed by atoms with Crippen molar-refractivity contribution >= 4 is 38.2 Å². The van der Waals surface area contributed by atoms with E-state index >= 15 is 0 Å². The van der Waals surface area contributed by atoms with Crippen molar-refractivity contribution in [3.05, 3.63) is 14.9 Å². The Morgan fingerprint density at radius 1 is 1.26 bits per heavy atom. The number of esters is 1. The first-order chi connectivity index (χ1) is 10.9. The standard InChI is InChI=1S/C17H27BrN2O2S/c1-6-20(13-9-7-12(8-10-13)19(3)4)16-11(2)14(15(18)23-16)17(21)22-5/h12-13H,6-10H2,1-5H3/t12-,13-. The molecule has 23 heavy (non-hydrogen) atoms. The maximum absolute atomic E-state index is 12.0. The van der Waals surface area contributed by atoms with Gasteiger partial charge in [-0.15, -0.1) is 11.3 Å². The van der Waals surface area contributed by atoms with Crippen molar-refractivity contribution in [3.63, 3.8) is 0 Å². The molecule has 0 aliphatic heterocycles. The van der Waals surface area contributed by atoms with Gasteiger partial charge in [-0.1, -0.05) is 0 Å². The van der Waals surface area contributed by atoms with E-state index in [1.807, 2.05) is 6.92 Å². The molecule has 6 heteroatoms. The van der Waals surface area contributed by atoms with Gasteiger partial charge in [-0.25, -0.2) is 4.79 Å². The van der Waals surface area contributed by atoms with Gasteiger partial charge in [0.15, 0.2) is 0 Å². The minimum absolute atomic E-state index is 0.260. The van der Waals surface area contributed by atoms with Crippen molar-refractivity contribution in [3.8, 4) is 0 Å². The summed E-state index contributed by atoms with van der Waals surface area (Å²) in [6.45, 7) is 5.19. The smallest absolute Gasteiger partial charge is 0.340 e. The molecule has 1 fully saturated rings. The van der Waals surface area contributed by atoms with Crippen LogP contribution in [0.25, 0.3) is 0 Å². The Hall–Kier alpha value is -0.590. The fraction of sp³-hybridized carbons (Fsp3) is 0.706. The molecule has 1 aromatic rings. The maximum atomic E-state index is 12.0. The third-order valence-corrected chi connectivity index (χ3v) is 6.91. The first-order valence-electron chi connectivity index (χ1n) is 8.20. The van der Waals surface area contributed by atoms with Crippen LogP contribution in [-0.4, -0.2) is 50.7 Å². The van der Waals surface area contributed by atoms with Crippen molar-refractivity contribution in [2.45, 2.75) is 51.6 Å². The number of nitrogens with zero attached hydrogens (tertiary/aromatic N) is 2. The van der Waals surface area contributed by atoms with Gasteiger partial charge in [0.1, 0.15) is 0 Å². The van der Waals surface area contributed by atoms with Gasteiger partial charge in [0.25, 0.3) is 0 Å². The Bertz CT molecular complexity index is 551. The fourth-order valence-corrected chi connectivity index (χ4v) is 5.61. The molecule has 2 rings (SSSR count). The second-order valence-electron chi connectivity index (χ2n) is 6.38. The summed E-state index contributed by atoms with van der Waals surface area (Å²) in [7, 11) is 5.78. The molecule has 4 nitrogen and oxygen atoms in total. The Kier molecular flexibility index (Phi) is 6.51. The average Bonchev–Trinajstić information content (AvgIpc) is 2.83. The third kappa shape index (κ3) is 3.91. The number of hydrogen-bond donors (Lipinski definition) is 0. The first-order valence-corrected chi connectivity index (χ1v) is 9.81. The predicted octanol–water partition coefficient (Wildman–Crippen LogP) is 4.30. The van der Waals surface area contributed by atoms with Crippen LogP contribution in [0.15, 0.2) is 3.79 Å². The summed E-state index contributed by atoms with van der Waals surface area (Å²) in [6, 6.07) is 1.26. The van der Waals surface area contributed by atoms with Gasteiger partial charge in [0, 0.05) is 18.6 Å². The molecule has 1 aliphatic rings. The quantitative estimate of drug-likeness (QED) is 0.687. The van der Waals surface area contributed by atoms with E-state index in [4.69, 9.17) is 4.74 Å². The van der Waals surface area contributed by atoms with E-state index in [0.717, 1.165) is 15.9 Å². The van der Waals surface area contributed by atoms with E-state index in [0.29, 0.717) is 17.6 Å². The number of thiophene rings is 1. The van der Waals surface area contributed by atoms with Gasteiger partial charge in [0.2, 0.25) is 0 Å². The Labute approximate surface area is 151 Å². The lowest BCUT2D eigenvalue weighted by atomic mass is 9.89. The van der Waals surface area contributed by atoms with E-state index in [-0.39, 0.29) is 5.97 Å². The van der Waals surface area contributed by atoms with Crippen molar-refractivity contribution in [2.24, 2.45) is 0 Å². The molecule has 0 radical (unpaired) electrons. The van der Waals surface area contributed by atoms with Gasteiger partial charge in [0.05, 0.1) is 21.5 Å².